The molecule has 0 saturated heterocycles. The lowest BCUT2D eigenvalue weighted by Gasteiger charge is -2.04. The zero-order chi connectivity index (χ0) is 10.6. The molecule has 0 aliphatic rings. The summed E-state index contributed by atoms with van der Waals surface area (Å²) < 4.78 is 0. The summed E-state index contributed by atoms with van der Waals surface area (Å²) >= 11 is 0. The second-order valence-electron chi connectivity index (χ2n) is 2.99. The third kappa shape index (κ3) is 2.62. The van der Waals surface area contributed by atoms with Crippen molar-refractivity contribution in [1.82, 2.24) is 0 Å². The van der Waals surface area contributed by atoms with E-state index in [1.54, 1.807) is 12.1 Å². The summed E-state index contributed by atoms with van der Waals surface area (Å²) in [5.41, 5.74) is 7.91. The number of rotatable bonds is 3. The van der Waals surface area contributed by atoms with Gasteiger partial charge >= 0.3 is 5.97 Å². The Morgan fingerprint density at radius 2 is 2.29 bits per heavy atom. The SMILES string of the molecule is CC/C(=C\C(=O)O)c1cccc(N)c1. The van der Waals surface area contributed by atoms with Crippen LogP contribution in [0.1, 0.15) is 18.9 Å². The molecule has 0 atom stereocenters. The first-order valence-corrected chi connectivity index (χ1v) is 4.43. The van der Waals surface area contributed by atoms with Gasteiger partial charge in [0.15, 0.2) is 0 Å². The van der Waals surface area contributed by atoms with Crippen molar-refractivity contribution in [3.8, 4) is 0 Å². The fourth-order valence-corrected chi connectivity index (χ4v) is 1.28. The number of anilines is 1. The first-order valence-electron chi connectivity index (χ1n) is 4.43. The highest BCUT2D eigenvalue weighted by Gasteiger charge is 2.01. The molecule has 0 fully saturated rings. The van der Waals surface area contributed by atoms with E-state index in [2.05, 4.69) is 0 Å². The van der Waals surface area contributed by atoms with E-state index >= 15 is 0 Å². The normalized spacial score (nSPS) is 11.4. The molecule has 0 heterocycles. The quantitative estimate of drug-likeness (QED) is 0.568. The summed E-state index contributed by atoms with van der Waals surface area (Å²) in [4.78, 5) is 10.5. The van der Waals surface area contributed by atoms with Gasteiger partial charge in [-0.25, -0.2) is 4.79 Å². The lowest BCUT2D eigenvalue weighted by Crippen LogP contribution is -1.93. The maximum atomic E-state index is 10.5. The maximum Gasteiger partial charge on any atom is 0.328 e. The van der Waals surface area contributed by atoms with Crippen molar-refractivity contribution < 1.29 is 9.90 Å². The number of hydrogen-bond acceptors (Lipinski definition) is 2. The molecule has 14 heavy (non-hydrogen) atoms. The number of hydrogen-bond donors (Lipinski definition) is 2. The Labute approximate surface area is 82.9 Å². The minimum absolute atomic E-state index is 0.646. The Bertz CT molecular complexity index is 369. The molecule has 0 unspecified atom stereocenters. The van der Waals surface area contributed by atoms with Crippen LogP contribution in [0.15, 0.2) is 30.3 Å². The van der Waals surface area contributed by atoms with Gasteiger partial charge in [-0.05, 0) is 29.7 Å². The molecule has 0 saturated carbocycles. The molecule has 3 nitrogen and oxygen atoms in total. The lowest BCUT2D eigenvalue weighted by molar-refractivity contribution is -0.131. The number of benzene rings is 1. The number of nitrogens with two attached hydrogens (primary N) is 1. The molecule has 1 aromatic carbocycles. The number of carboxylic acids is 1. The van der Waals surface area contributed by atoms with Gasteiger partial charge in [0.05, 0.1) is 0 Å². The number of carboxylic acid groups (broad SMARTS) is 1. The van der Waals surface area contributed by atoms with Gasteiger partial charge in [0, 0.05) is 11.8 Å². The van der Waals surface area contributed by atoms with Gasteiger partial charge in [-0.3, -0.25) is 0 Å². The van der Waals surface area contributed by atoms with Crippen LogP contribution in [0.5, 0.6) is 0 Å². The van der Waals surface area contributed by atoms with Gasteiger partial charge in [-0.15, -0.1) is 0 Å². The number of aliphatic carboxylic acids is 1. The van der Waals surface area contributed by atoms with Gasteiger partial charge in [0.25, 0.3) is 0 Å². The standard InChI is InChI=1S/C11H13NO2/c1-2-8(7-11(13)14)9-4-3-5-10(12)6-9/h3-7H,2,12H2,1H3,(H,13,14)/b8-7+. The molecule has 1 rings (SSSR count). The zero-order valence-electron chi connectivity index (χ0n) is 8.03. The van der Waals surface area contributed by atoms with E-state index in [9.17, 15) is 4.79 Å². The van der Waals surface area contributed by atoms with Crippen LogP contribution in [-0.4, -0.2) is 11.1 Å². The van der Waals surface area contributed by atoms with E-state index in [-0.39, 0.29) is 0 Å². The van der Waals surface area contributed by atoms with Crippen LogP contribution in [0.2, 0.25) is 0 Å². The monoisotopic (exact) mass is 191 g/mol. The highest BCUT2D eigenvalue weighted by molar-refractivity contribution is 5.90. The molecular weight excluding hydrogens is 178 g/mol. The molecular formula is C11H13NO2. The fourth-order valence-electron chi connectivity index (χ4n) is 1.28. The first-order chi connectivity index (χ1) is 6.63. The van der Waals surface area contributed by atoms with Crippen LogP contribution >= 0.6 is 0 Å². The van der Waals surface area contributed by atoms with Gasteiger partial charge in [0.2, 0.25) is 0 Å². The fraction of sp³-hybridized carbons (Fsp3) is 0.182. The Hall–Kier alpha value is -1.77. The predicted molar refractivity (Wildman–Crippen MR) is 56.8 cm³/mol. The van der Waals surface area contributed by atoms with E-state index in [4.69, 9.17) is 10.8 Å². The Morgan fingerprint density at radius 1 is 1.57 bits per heavy atom. The molecule has 3 N–H and O–H groups in total. The van der Waals surface area contributed by atoms with E-state index in [0.29, 0.717) is 12.1 Å². The molecule has 0 spiro atoms. The third-order valence-electron chi connectivity index (χ3n) is 1.94. The Kier molecular flexibility index (Phi) is 3.29. The summed E-state index contributed by atoms with van der Waals surface area (Å²) in [5.74, 6) is -0.927. The van der Waals surface area contributed by atoms with Gasteiger partial charge < -0.3 is 10.8 Å². The van der Waals surface area contributed by atoms with Crippen LogP contribution < -0.4 is 5.73 Å². The number of carbonyl (C=O) groups is 1. The smallest absolute Gasteiger partial charge is 0.328 e. The van der Waals surface area contributed by atoms with E-state index in [1.165, 1.54) is 6.08 Å². The Balaban J connectivity index is 3.07. The van der Waals surface area contributed by atoms with Gasteiger partial charge in [-0.1, -0.05) is 19.1 Å². The van der Waals surface area contributed by atoms with E-state index < -0.39 is 5.97 Å². The maximum absolute atomic E-state index is 10.5. The summed E-state index contributed by atoms with van der Waals surface area (Å²) in [6, 6.07) is 7.22. The van der Waals surface area contributed by atoms with Crippen molar-refractivity contribution in [2.75, 3.05) is 5.73 Å². The molecule has 3 heteroatoms. The van der Waals surface area contributed by atoms with Gasteiger partial charge in [-0.2, -0.15) is 0 Å². The van der Waals surface area contributed by atoms with Crippen molar-refractivity contribution >= 4 is 17.2 Å². The van der Waals surface area contributed by atoms with Crippen molar-refractivity contribution in [1.29, 1.82) is 0 Å². The molecule has 0 amide bonds. The number of nitrogen functional groups attached to an aromatic ring is 1. The second kappa shape index (κ2) is 4.46. The van der Waals surface area contributed by atoms with Crippen LogP contribution in [-0.2, 0) is 4.79 Å². The highest BCUT2D eigenvalue weighted by atomic mass is 16.4. The average molecular weight is 191 g/mol. The van der Waals surface area contributed by atoms with Crippen molar-refractivity contribution in [2.45, 2.75) is 13.3 Å². The molecule has 0 radical (unpaired) electrons. The van der Waals surface area contributed by atoms with Crippen molar-refractivity contribution in [3.05, 3.63) is 35.9 Å². The lowest BCUT2D eigenvalue weighted by atomic mass is 10.0. The highest BCUT2D eigenvalue weighted by Crippen LogP contribution is 2.19. The minimum Gasteiger partial charge on any atom is -0.478 e. The molecule has 0 bridgehead atoms. The van der Waals surface area contributed by atoms with Crippen LogP contribution in [0.25, 0.3) is 5.57 Å². The summed E-state index contributed by atoms with van der Waals surface area (Å²) in [6.45, 7) is 1.91. The summed E-state index contributed by atoms with van der Waals surface area (Å²) in [6.07, 6.45) is 1.89. The average Bonchev–Trinajstić information content (AvgIpc) is 2.14. The van der Waals surface area contributed by atoms with E-state index in [1.807, 2.05) is 19.1 Å². The number of allylic oxidation sites excluding steroid dienone is 1. The van der Waals surface area contributed by atoms with Crippen LogP contribution in [0.4, 0.5) is 5.69 Å². The van der Waals surface area contributed by atoms with Crippen molar-refractivity contribution in [2.24, 2.45) is 0 Å². The second-order valence-corrected chi connectivity index (χ2v) is 2.99. The van der Waals surface area contributed by atoms with E-state index in [0.717, 1.165) is 11.1 Å². The molecule has 0 aliphatic heterocycles. The topological polar surface area (TPSA) is 63.3 Å². The first kappa shape index (κ1) is 10.3. The van der Waals surface area contributed by atoms with Gasteiger partial charge in [0.1, 0.15) is 0 Å². The zero-order valence-corrected chi connectivity index (χ0v) is 8.03. The third-order valence-corrected chi connectivity index (χ3v) is 1.94. The summed E-state index contributed by atoms with van der Waals surface area (Å²) in [5, 5.41) is 8.64. The molecule has 74 valence electrons. The molecule has 0 aromatic heterocycles. The predicted octanol–water partition coefficient (Wildman–Crippen LogP) is 2.15. The van der Waals surface area contributed by atoms with Crippen molar-refractivity contribution in [3.63, 3.8) is 0 Å². The largest absolute Gasteiger partial charge is 0.478 e. The summed E-state index contributed by atoms with van der Waals surface area (Å²) in [7, 11) is 0. The van der Waals surface area contributed by atoms with Crippen LogP contribution in [0.3, 0.4) is 0 Å². The molecule has 0 aliphatic carbocycles. The molecule has 1 aromatic rings. The minimum atomic E-state index is -0.927. The van der Waals surface area contributed by atoms with Crippen LogP contribution in [0, 0.1) is 0 Å². The Morgan fingerprint density at radius 3 is 2.79 bits per heavy atom.